The molecule has 0 atom stereocenters. The van der Waals surface area contributed by atoms with Crippen LogP contribution in [0.4, 0.5) is 11.4 Å². The van der Waals surface area contributed by atoms with Crippen LogP contribution in [0.3, 0.4) is 0 Å². The molecule has 2 amide bonds. The Balaban J connectivity index is 1.27. The summed E-state index contributed by atoms with van der Waals surface area (Å²) in [5.74, 6) is -0.665. The summed E-state index contributed by atoms with van der Waals surface area (Å²) in [6.07, 6.45) is 1.01. The zero-order valence-corrected chi connectivity index (χ0v) is 18.4. The number of anilines is 2. The van der Waals surface area contributed by atoms with Crippen LogP contribution in [0.25, 0.3) is 0 Å². The zero-order chi connectivity index (χ0) is 22.5. The highest BCUT2D eigenvalue weighted by Crippen LogP contribution is 2.24. The number of hydrogen-bond donors (Lipinski definition) is 3. The summed E-state index contributed by atoms with van der Waals surface area (Å²) in [5, 5.41) is 3.09. The van der Waals surface area contributed by atoms with Crippen molar-refractivity contribution in [1.29, 1.82) is 0 Å². The number of amides is 2. The van der Waals surface area contributed by atoms with Gasteiger partial charge in [0.25, 0.3) is 11.8 Å². The SMILES string of the molecule is Cc1ccc(NCC(=O)NNC(=O)c2ccc(N3CCc4ccccc4C3)cc2)c(C)c1. The third-order valence-electron chi connectivity index (χ3n) is 5.76. The van der Waals surface area contributed by atoms with E-state index in [0.29, 0.717) is 5.56 Å². The van der Waals surface area contributed by atoms with Crippen molar-refractivity contribution >= 4 is 23.2 Å². The number of hydrogen-bond acceptors (Lipinski definition) is 4. The molecule has 0 bridgehead atoms. The van der Waals surface area contributed by atoms with Crippen molar-refractivity contribution in [2.75, 3.05) is 23.3 Å². The maximum absolute atomic E-state index is 12.4. The summed E-state index contributed by atoms with van der Waals surface area (Å²) in [6, 6.07) is 22.0. The molecule has 0 radical (unpaired) electrons. The van der Waals surface area contributed by atoms with E-state index in [0.717, 1.165) is 36.4 Å². The summed E-state index contributed by atoms with van der Waals surface area (Å²) < 4.78 is 0. The summed E-state index contributed by atoms with van der Waals surface area (Å²) in [7, 11) is 0. The standard InChI is InChI=1S/C26H28N4O2/c1-18-7-12-24(19(2)15-18)27-16-25(31)28-29-26(32)21-8-10-23(11-9-21)30-14-13-20-5-3-4-6-22(20)17-30/h3-12,15,27H,13-14,16-17H2,1-2H3,(H,28,31)(H,29,32). The first-order valence-corrected chi connectivity index (χ1v) is 10.8. The van der Waals surface area contributed by atoms with Gasteiger partial charge in [-0.15, -0.1) is 0 Å². The Hall–Kier alpha value is -3.80. The molecule has 1 aliphatic heterocycles. The van der Waals surface area contributed by atoms with Gasteiger partial charge in [-0.25, -0.2) is 0 Å². The van der Waals surface area contributed by atoms with Gasteiger partial charge in [0.2, 0.25) is 0 Å². The summed E-state index contributed by atoms with van der Waals surface area (Å²) in [4.78, 5) is 26.8. The second-order valence-electron chi connectivity index (χ2n) is 8.16. The average molecular weight is 429 g/mol. The van der Waals surface area contributed by atoms with Gasteiger partial charge in [0.1, 0.15) is 0 Å². The highest BCUT2D eigenvalue weighted by Gasteiger charge is 2.16. The number of hydrazine groups is 1. The number of fused-ring (bicyclic) bond motifs is 1. The highest BCUT2D eigenvalue weighted by atomic mass is 16.2. The number of benzene rings is 3. The van der Waals surface area contributed by atoms with Crippen molar-refractivity contribution in [3.63, 3.8) is 0 Å². The summed E-state index contributed by atoms with van der Waals surface area (Å²) in [6.45, 7) is 5.90. The van der Waals surface area contributed by atoms with Gasteiger partial charge in [0.15, 0.2) is 0 Å². The Morgan fingerprint density at radius 1 is 0.906 bits per heavy atom. The fourth-order valence-electron chi connectivity index (χ4n) is 3.97. The molecule has 3 aromatic rings. The smallest absolute Gasteiger partial charge is 0.269 e. The molecule has 32 heavy (non-hydrogen) atoms. The van der Waals surface area contributed by atoms with Crippen molar-refractivity contribution in [3.05, 3.63) is 94.5 Å². The van der Waals surface area contributed by atoms with E-state index in [1.807, 2.05) is 44.2 Å². The van der Waals surface area contributed by atoms with Crippen LogP contribution in [0.2, 0.25) is 0 Å². The van der Waals surface area contributed by atoms with Crippen LogP contribution in [0.5, 0.6) is 0 Å². The first-order valence-electron chi connectivity index (χ1n) is 10.8. The largest absolute Gasteiger partial charge is 0.376 e. The molecule has 0 unspecified atom stereocenters. The molecule has 0 aromatic heterocycles. The van der Waals surface area contributed by atoms with Gasteiger partial charge in [-0.1, -0.05) is 42.0 Å². The van der Waals surface area contributed by atoms with E-state index >= 15 is 0 Å². The molecule has 3 N–H and O–H groups in total. The van der Waals surface area contributed by atoms with Crippen LogP contribution >= 0.6 is 0 Å². The molecule has 0 saturated carbocycles. The summed E-state index contributed by atoms with van der Waals surface area (Å²) in [5.41, 5.74) is 12.4. The minimum atomic E-state index is -0.347. The molecule has 1 heterocycles. The number of carbonyl (C=O) groups is 2. The van der Waals surface area contributed by atoms with E-state index < -0.39 is 0 Å². The zero-order valence-electron chi connectivity index (χ0n) is 18.4. The second kappa shape index (κ2) is 9.56. The molecule has 0 aliphatic carbocycles. The molecule has 164 valence electrons. The van der Waals surface area contributed by atoms with Gasteiger partial charge in [0.05, 0.1) is 6.54 Å². The molecule has 0 spiro atoms. The fraction of sp³-hybridized carbons (Fsp3) is 0.231. The van der Waals surface area contributed by atoms with Gasteiger partial charge >= 0.3 is 0 Å². The molecule has 6 nitrogen and oxygen atoms in total. The lowest BCUT2D eigenvalue weighted by atomic mass is 9.99. The van der Waals surface area contributed by atoms with Crippen molar-refractivity contribution in [1.82, 2.24) is 10.9 Å². The Morgan fingerprint density at radius 2 is 1.66 bits per heavy atom. The van der Waals surface area contributed by atoms with Crippen LogP contribution in [0, 0.1) is 13.8 Å². The number of nitrogens with zero attached hydrogens (tertiary/aromatic N) is 1. The Morgan fingerprint density at radius 3 is 2.41 bits per heavy atom. The van der Waals surface area contributed by atoms with Crippen molar-refractivity contribution in [3.8, 4) is 0 Å². The molecule has 1 aliphatic rings. The molecular weight excluding hydrogens is 400 g/mol. The molecule has 0 fully saturated rings. The molecule has 0 saturated heterocycles. The monoisotopic (exact) mass is 428 g/mol. The predicted octanol–water partition coefficient (Wildman–Crippen LogP) is 3.74. The lowest BCUT2D eigenvalue weighted by Gasteiger charge is -2.30. The quantitative estimate of drug-likeness (QED) is 0.542. The van der Waals surface area contributed by atoms with E-state index in [2.05, 4.69) is 45.3 Å². The van der Waals surface area contributed by atoms with Crippen LogP contribution in [-0.4, -0.2) is 24.9 Å². The molecule has 4 rings (SSSR count). The topological polar surface area (TPSA) is 73.5 Å². The number of nitrogens with one attached hydrogen (secondary N) is 3. The first-order chi connectivity index (χ1) is 15.5. The molecular formula is C26H28N4O2. The number of carbonyl (C=O) groups excluding carboxylic acids is 2. The van der Waals surface area contributed by atoms with Crippen molar-refractivity contribution in [2.24, 2.45) is 0 Å². The lowest BCUT2D eigenvalue weighted by molar-refractivity contribution is -0.120. The van der Waals surface area contributed by atoms with Gasteiger partial charge < -0.3 is 10.2 Å². The third kappa shape index (κ3) is 5.09. The predicted molar refractivity (Wildman–Crippen MR) is 128 cm³/mol. The second-order valence-corrected chi connectivity index (χ2v) is 8.16. The van der Waals surface area contributed by atoms with Crippen LogP contribution in [0.1, 0.15) is 32.6 Å². The van der Waals surface area contributed by atoms with E-state index in [1.54, 1.807) is 12.1 Å². The lowest BCUT2D eigenvalue weighted by Crippen LogP contribution is -2.44. The summed E-state index contributed by atoms with van der Waals surface area (Å²) >= 11 is 0. The Bertz CT molecular complexity index is 1120. The normalized spacial score (nSPS) is 12.6. The van der Waals surface area contributed by atoms with E-state index in [9.17, 15) is 9.59 Å². The Kier molecular flexibility index (Phi) is 6.40. The highest BCUT2D eigenvalue weighted by molar-refractivity contribution is 5.96. The van der Waals surface area contributed by atoms with E-state index in [4.69, 9.17) is 0 Å². The number of aryl methyl sites for hydroxylation is 2. The number of rotatable bonds is 5. The van der Waals surface area contributed by atoms with Crippen molar-refractivity contribution < 1.29 is 9.59 Å². The first kappa shape index (κ1) is 21.4. The van der Waals surface area contributed by atoms with Gasteiger partial charge in [-0.3, -0.25) is 20.4 Å². The minimum Gasteiger partial charge on any atom is -0.376 e. The maximum Gasteiger partial charge on any atom is 0.269 e. The third-order valence-corrected chi connectivity index (χ3v) is 5.76. The van der Waals surface area contributed by atoms with Crippen LogP contribution in [-0.2, 0) is 17.8 Å². The average Bonchev–Trinajstić information content (AvgIpc) is 2.81. The van der Waals surface area contributed by atoms with E-state index in [-0.39, 0.29) is 18.4 Å². The van der Waals surface area contributed by atoms with Crippen LogP contribution in [0.15, 0.2) is 66.7 Å². The molecule has 6 heteroatoms. The van der Waals surface area contributed by atoms with E-state index in [1.165, 1.54) is 16.7 Å². The maximum atomic E-state index is 12.4. The minimum absolute atomic E-state index is 0.0690. The van der Waals surface area contributed by atoms with Crippen LogP contribution < -0.4 is 21.1 Å². The fourth-order valence-corrected chi connectivity index (χ4v) is 3.97. The Labute approximate surface area is 188 Å². The van der Waals surface area contributed by atoms with Gasteiger partial charge in [0, 0.05) is 30.0 Å². The van der Waals surface area contributed by atoms with Crippen molar-refractivity contribution in [2.45, 2.75) is 26.8 Å². The molecule has 3 aromatic carbocycles. The van der Waals surface area contributed by atoms with Gasteiger partial charge in [-0.2, -0.15) is 0 Å². The van der Waals surface area contributed by atoms with Gasteiger partial charge in [-0.05, 0) is 67.3 Å².